The minimum atomic E-state index is -0.218. The average molecular weight is 267 g/mol. The SMILES string of the molecule is CCC1(C(=O)NCc2ncc(C)s2)CCCNC1. The molecule has 0 spiro atoms. The van der Waals surface area contributed by atoms with Gasteiger partial charge in [-0.1, -0.05) is 6.92 Å². The molecule has 0 bridgehead atoms. The van der Waals surface area contributed by atoms with Crippen molar-refractivity contribution in [3.8, 4) is 0 Å². The van der Waals surface area contributed by atoms with E-state index in [1.54, 1.807) is 11.3 Å². The third-order valence-corrected chi connectivity index (χ3v) is 4.61. The number of rotatable bonds is 4. The van der Waals surface area contributed by atoms with E-state index >= 15 is 0 Å². The molecule has 0 aliphatic carbocycles. The van der Waals surface area contributed by atoms with Gasteiger partial charge in [-0.25, -0.2) is 4.98 Å². The van der Waals surface area contributed by atoms with Crippen molar-refractivity contribution in [3.63, 3.8) is 0 Å². The summed E-state index contributed by atoms with van der Waals surface area (Å²) in [5.74, 6) is 0.171. The van der Waals surface area contributed by atoms with E-state index in [4.69, 9.17) is 0 Å². The molecule has 2 rings (SSSR count). The average Bonchev–Trinajstić information content (AvgIpc) is 2.82. The van der Waals surface area contributed by atoms with E-state index < -0.39 is 0 Å². The van der Waals surface area contributed by atoms with Gasteiger partial charge in [0.2, 0.25) is 5.91 Å². The summed E-state index contributed by atoms with van der Waals surface area (Å²) in [6.07, 6.45) is 4.81. The zero-order valence-corrected chi connectivity index (χ0v) is 11.9. The second-order valence-corrected chi connectivity index (χ2v) is 6.28. The number of nitrogens with zero attached hydrogens (tertiary/aromatic N) is 1. The highest BCUT2D eigenvalue weighted by atomic mass is 32.1. The molecule has 100 valence electrons. The van der Waals surface area contributed by atoms with Crippen LogP contribution in [0.15, 0.2) is 6.20 Å². The van der Waals surface area contributed by atoms with Crippen LogP contribution in [0.5, 0.6) is 0 Å². The number of hydrogen-bond acceptors (Lipinski definition) is 4. The molecule has 1 aliphatic rings. The van der Waals surface area contributed by atoms with Crippen LogP contribution in [0.25, 0.3) is 0 Å². The number of carbonyl (C=O) groups excluding carboxylic acids is 1. The summed E-state index contributed by atoms with van der Waals surface area (Å²) in [4.78, 5) is 17.8. The summed E-state index contributed by atoms with van der Waals surface area (Å²) in [5.41, 5.74) is -0.218. The lowest BCUT2D eigenvalue weighted by atomic mass is 9.77. The smallest absolute Gasteiger partial charge is 0.227 e. The summed E-state index contributed by atoms with van der Waals surface area (Å²) in [6, 6.07) is 0. The van der Waals surface area contributed by atoms with Gasteiger partial charge in [0.15, 0.2) is 0 Å². The minimum Gasteiger partial charge on any atom is -0.349 e. The zero-order chi connectivity index (χ0) is 13.0. The Kier molecular flexibility index (Phi) is 4.35. The molecule has 5 heteroatoms. The Labute approximate surface area is 112 Å². The van der Waals surface area contributed by atoms with Crippen molar-refractivity contribution in [3.05, 3.63) is 16.1 Å². The van der Waals surface area contributed by atoms with Gasteiger partial charge in [0.25, 0.3) is 0 Å². The Morgan fingerprint density at radius 1 is 1.67 bits per heavy atom. The number of aromatic nitrogens is 1. The molecule has 1 aromatic heterocycles. The minimum absolute atomic E-state index is 0.171. The van der Waals surface area contributed by atoms with Crippen molar-refractivity contribution in [2.75, 3.05) is 13.1 Å². The molecule has 4 nitrogen and oxygen atoms in total. The van der Waals surface area contributed by atoms with Gasteiger partial charge in [-0.05, 0) is 32.7 Å². The van der Waals surface area contributed by atoms with Gasteiger partial charge in [-0.15, -0.1) is 11.3 Å². The van der Waals surface area contributed by atoms with Crippen molar-refractivity contribution in [1.29, 1.82) is 0 Å². The predicted octanol–water partition coefficient (Wildman–Crippen LogP) is 1.85. The Hall–Kier alpha value is -0.940. The van der Waals surface area contributed by atoms with E-state index in [9.17, 15) is 4.79 Å². The number of amides is 1. The van der Waals surface area contributed by atoms with Gasteiger partial charge in [0.05, 0.1) is 12.0 Å². The molecule has 2 N–H and O–H groups in total. The molecular formula is C13H21N3OS. The molecular weight excluding hydrogens is 246 g/mol. The van der Waals surface area contributed by atoms with Gasteiger partial charge in [0.1, 0.15) is 5.01 Å². The molecule has 1 saturated heterocycles. The number of aryl methyl sites for hydroxylation is 1. The van der Waals surface area contributed by atoms with Crippen LogP contribution in [0.3, 0.4) is 0 Å². The van der Waals surface area contributed by atoms with Crippen molar-refractivity contribution >= 4 is 17.2 Å². The molecule has 1 atom stereocenters. The van der Waals surface area contributed by atoms with Crippen LogP contribution in [0.4, 0.5) is 0 Å². The fourth-order valence-electron chi connectivity index (χ4n) is 2.45. The van der Waals surface area contributed by atoms with Gasteiger partial charge in [-0.2, -0.15) is 0 Å². The van der Waals surface area contributed by atoms with E-state index in [-0.39, 0.29) is 11.3 Å². The fraction of sp³-hybridized carbons (Fsp3) is 0.692. The summed E-state index contributed by atoms with van der Waals surface area (Å²) in [5, 5.41) is 7.36. The van der Waals surface area contributed by atoms with E-state index in [1.165, 1.54) is 4.88 Å². The zero-order valence-electron chi connectivity index (χ0n) is 11.1. The lowest BCUT2D eigenvalue weighted by Gasteiger charge is -2.35. The van der Waals surface area contributed by atoms with Crippen molar-refractivity contribution in [2.24, 2.45) is 5.41 Å². The summed E-state index contributed by atoms with van der Waals surface area (Å²) < 4.78 is 0. The molecule has 0 aromatic carbocycles. The van der Waals surface area contributed by atoms with E-state index in [0.29, 0.717) is 6.54 Å². The van der Waals surface area contributed by atoms with E-state index in [0.717, 1.165) is 37.4 Å². The van der Waals surface area contributed by atoms with Crippen LogP contribution < -0.4 is 10.6 Å². The van der Waals surface area contributed by atoms with Crippen LogP contribution in [0.1, 0.15) is 36.1 Å². The molecule has 1 unspecified atom stereocenters. The largest absolute Gasteiger partial charge is 0.349 e. The third kappa shape index (κ3) is 2.90. The number of piperidine rings is 1. The van der Waals surface area contributed by atoms with Crippen LogP contribution >= 0.6 is 11.3 Å². The maximum absolute atomic E-state index is 12.4. The van der Waals surface area contributed by atoms with E-state index in [1.807, 2.05) is 13.1 Å². The van der Waals surface area contributed by atoms with Crippen LogP contribution in [-0.2, 0) is 11.3 Å². The monoisotopic (exact) mass is 267 g/mol. The summed E-state index contributed by atoms with van der Waals surface area (Å²) in [6.45, 7) is 6.51. The summed E-state index contributed by atoms with van der Waals surface area (Å²) in [7, 11) is 0. The first-order valence-electron chi connectivity index (χ1n) is 6.56. The third-order valence-electron chi connectivity index (χ3n) is 3.70. The normalized spacial score (nSPS) is 23.9. The maximum Gasteiger partial charge on any atom is 0.227 e. The van der Waals surface area contributed by atoms with Gasteiger partial charge >= 0.3 is 0 Å². The molecule has 1 aliphatic heterocycles. The molecule has 0 saturated carbocycles. The first-order chi connectivity index (χ1) is 8.66. The highest BCUT2D eigenvalue weighted by Gasteiger charge is 2.37. The van der Waals surface area contributed by atoms with Gasteiger partial charge in [0, 0.05) is 17.6 Å². The maximum atomic E-state index is 12.4. The van der Waals surface area contributed by atoms with Gasteiger partial charge < -0.3 is 10.6 Å². The Morgan fingerprint density at radius 2 is 2.50 bits per heavy atom. The Morgan fingerprint density at radius 3 is 3.06 bits per heavy atom. The van der Waals surface area contributed by atoms with Crippen LogP contribution in [-0.4, -0.2) is 24.0 Å². The highest BCUT2D eigenvalue weighted by molar-refractivity contribution is 7.11. The second kappa shape index (κ2) is 5.80. The first kappa shape index (κ1) is 13.5. The molecule has 1 aromatic rings. The highest BCUT2D eigenvalue weighted by Crippen LogP contribution is 2.30. The number of carbonyl (C=O) groups is 1. The summed E-state index contributed by atoms with van der Waals surface area (Å²) >= 11 is 1.64. The fourth-order valence-corrected chi connectivity index (χ4v) is 3.18. The Balaban J connectivity index is 1.93. The molecule has 0 radical (unpaired) electrons. The first-order valence-corrected chi connectivity index (χ1v) is 7.38. The Bertz CT molecular complexity index is 410. The predicted molar refractivity (Wildman–Crippen MR) is 73.5 cm³/mol. The standard InChI is InChI=1S/C13H21N3OS/c1-3-13(5-4-6-14-9-13)12(17)16-8-11-15-7-10(2)18-11/h7,14H,3-6,8-9H2,1-2H3,(H,16,17). The van der Waals surface area contributed by atoms with Crippen molar-refractivity contribution in [1.82, 2.24) is 15.6 Å². The number of thiazole rings is 1. The lowest BCUT2D eigenvalue weighted by Crippen LogP contribution is -2.50. The lowest BCUT2D eigenvalue weighted by molar-refractivity contribution is -0.132. The van der Waals surface area contributed by atoms with Gasteiger partial charge in [-0.3, -0.25) is 4.79 Å². The van der Waals surface area contributed by atoms with Crippen LogP contribution in [0, 0.1) is 12.3 Å². The van der Waals surface area contributed by atoms with Crippen LogP contribution in [0.2, 0.25) is 0 Å². The van der Waals surface area contributed by atoms with Crippen molar-refractivity contribution < 1.29 is 4.79 Å². The van der Waals surface area contributed by atoms with E-state index in [2.05, 4.69) is 22.5 Å². The topological polar surface area (TPSA) is 54.0 Å². The number of hydrogen-bond donors (Lipinski definition) is 2. The quantitative estimate of drug-likeness (QED) is 0.875. The second-order valence-electron chi connectivity index (χ2n) is 4.96. The molecule has 18 heavy (non-hydrogen) atoms. The molecule has 1 fully saturated rings. The molecule has 2 heterocycles. The van der Waals surface area contributed by atoms with Crippen molar-refractivity contribution in [2.45, 2.75) is 39.7 Å². The molecule has 1 amide bonds. The number of nitrogens with one attached hydrogen (secondary N) is 2.